The summed E-state index contributed by atoms with van der Waals surface area (Å²) in [6, 6.07) is -0.764. The second kappa shape index (κ2) is 12.6. The van der Waals surface area contributed by atoms with Crippen molar-refractivity contribution >= 4 is 23.7 Å². The fourth-order valence-electron chi connectivity index (χ4n) is 1.68. The first-order valence-electron chi connectivity index (χ1n) is 7.41. The molecule has 0 radical (unpaired) electrons. The number of carbonyl (C=O) groups is 3. The number of hydrogen-bond acceptors (Lipinski definition) is 6. The largest absolute Gasteiger partial charge is 0.466 e. The number of hydrazone groups is 1. The number of unbranched alkanes of at least 4 members (excludes halogenated alkanes) is 1. The lowest BCUT2D eigenvalue weighted by Crippen LogP contribution is -2.26. The quantitative estimate of drug-likeness (QED) is 0.259. The fourth-order valence-corrected chi connectivity index (χ4v) is 1.68. The highest BCUT2D eigenvalue weighted by atomic mass is 16.5. The molecule has 3 N–H and O–H groups in total. The molecule has 0 heterocycles. The minimum Gasteiger partial charge on any atom is -0.466 e. The standard InChI is InChI=1S/C14H25N3O5/c1-3-21-12(18)8-6-5-7-11(16-17-14(15)20)9-10-13(19)22-4-2/h3-10H2,1-2H3,(H3,15,17,20). The Morgan fingerprint density at radius 1 is 0.909 bits per heavy atom. The molecular formula is C14H25N3O5. The Hall–Kier alpha value is -2.12. The molecule has 0 bridgehead atoms. The van der Waals surface area contributed by atoms with E-state index in [4.69, 9.17) is 15.2 Å². The van der Waals surface area contributed by atoms with Gasteiger partial charge in [0.05, 0.1) is 19.6 Å². The van der Waals surface area contributed by atoms with E-state index in [0.29, 0.717) is 51.0 Å². The molecule has 2 amide bonds. The lowest BCUT2D eigenvalue weighted by atomic mass is 10.1. The molecule has 0 saturated carbocycles. The maximum absolute atomic E-state index is 11.3. The molecule has 0 atom stereocenters. The number of hydrogen-bond donors (Lipinski definition) is 2. The van der Waals surface area contributed by atoms with E-state index >= 15 is 0 Å². The summed E-state index contributed by atoms with van der Waals surface area (Å²) in [6.07, 6.45) is 2.79. The SMILES string of the molecule is CCOC(=O)CCCCC(CCC(=O)OCC)=NNC(N)=O. The van der Waals surface area contributed by atoms with E-state index in [1.165, 1.54) is 0 Å². The molecule has 8 nitrogen and oxygen atoms in total. The molecule has 126 valence electrons. The highest BCUT2D eigenvalue weighted by Gasteiger charge is 2.08. The van der Waals surface area contributed by atoms with Crippen LogP contribution in [0.5, 0.6) is 0 Å². The zero-order valence-electron chi connectivity index (χ0n) is 13.2. The van der Waals surface area contributed by atoms with Gasteiger partial charge in [0, 0.05) is 12.1 Å². The van der Waals surface area contributed by atoms with Gasteiger partial charge in [-0.2, -0.15) is 5.10 Å². The summed E-state index contributed by atoms with van der Waals surface area (Å²) in [4.78, 5) is 33.2. The van der Waals surface area contributed by atoms with Crippen LogP contribution in [0.15, 0.2) is 5.10 Å². The van der Waals surface area contributed by atoms with Gasteiger partial charge in [-0.3, -0.25) is 9.59 Å². The number of urea groups is 1. The highest BCUT2D eigenvalue weighted by Crippen LogP contribution is 2.07. The van der Waals surface area contributed by atoms with E-state index in [1.807, 2.05) is 0 Å². The predicted octanol–water partition coefficient (Wildman–Crippen LogP) is 1.48. The number of ether oxygens (including phenoxy) is 2. The number of esters is 2. The van der Waals surface area contributed by atoms with E-state index in [1.54, 1.807) is 13.8 Å². The summed E-state index contributed by atoms with van der Waals surface area (Å²) < 4.78 is 9.66. The van der Waals surface area contributed by atoms with Crippen molar-refractivity contribution in [3.63, 3.8) is 0 Å². The average Bonchev–Trinajstić information content (AvgIpc) is 2.45. The summed E-state index contributed by atoms with van der Waals surface area (Å²) >= 11 is 0. The second-order valence-corrected chi connectivity index (χ2v) is 4.47. The van der Waals surface area contributed by atoms with Gasteiger partial charge in [-0.15, -0.1) is 0 Å². The summed E-state index contributed by atoms with van der Waals surface area (Å²) in [7, 11) is 0. The Balaban J connectivity index is 4.18. The van der Waals surface area contributed by atoms with E-state index in [0.717, 1.165) is 0 Å². The van der Waals surface area contributed by atoms with E-state index in [2.05, 4.69) is 10.5 Å². The lowest BCUT2D eigenvalue weighted by molar-refractivity contribution is -0.144. The molecule has 0 aromatic carbocycles. The first kappa shape index (κ1) is 19.9. The number of nitrogens with one attached hydrogen (secondary N) is 1. The Bertz CT molecular complexity index is 396. The number of nitrogens with two attached hydrogens (primary N) is 1. The van der Waals surface area contributed by atoms with Crippen molar-refractivity contribution < 1.29 is 23.9 Å². The molecule has 8 heteroatoms. The van der Waals surface area contributed by atoms with Crippen LogP contribution < -0.4 is 11.2 Å². The minimum atomic E-state index is -0.764. The third-order valence-electron chi connectivity index (χ3n) is 2.65. The van der Waals surface area contributed by atoms with Crippen molar-refractivity contribution in [2.45, 2.75) is 52.4 Å². The van der Waals surface area contributed by atoms with Gasteiger partial charge in [-0.25, -0.2) is 10.2 Å². The van der Waals surface area contributed by atoms with Gasteiger partial charge in [0.25, 0.3) is 0 Å². The Morgan fingerprint density at radius 3 is 2.00 bits per heavy atom. The topological polar surface area (TPSA) is 120 Å². The number of rotatable bonds is 11. The van der Waals surface area contributed by atoms with Gasteiger partial charge in [0.1, 0.15) is 0 Å². The van der Waals surface area contributed by atoms with Crippen LogP contribution in [0.25, 0.3) is 0 Å². The number of nitrogens with zero attached hydrogens (tertiary/aromatic N) is 1. The average molecular weight is 315 g/mol. The predicted molar refractivity (Wildman–Crippen MR) is 81.1 cm³/mol. The maximum Gasteiger partial charge on any atom is 0.332 e. The third kappa shape index (κ3) is 11.7. The summed E-state index contributed by atoms with van der Waals surface area (Å²) in [5.41, 5.74) is 7.75. The highest BCUT2D eigenvalue weighted by molar-refractivity contribution is 5.88. The van der Waals surface area contributed by atoms with Crippen LogP contribution in [-0.4, -0.2) is 36.9 Å². The van der Waals surface area contributed by atoms with Crippen molar-refractivity contribution in [3.05, 3.63) is 0 Å². The summed E-state index contributed by atoms with van der Waals surface area (Å²) in [5, 5.41) is 3.88. The Morgan fingerprint density at radius 2 is 1.45 bits per heavy atom. The summed E-state index contributed by atoms with van der Waals surface area (Å²) in [5.74, 6) is -0.552. The van der Waals surface area contributed by atoms with Crippen molar-refractivity contribution in [1.29, 1.82) is 0 Å². The molecular weight excluding hydrogens is 290 g/mol. The van der Waals surface area contributed by atoms with Gasteiger partial charge in [-0.1, -0.05) is 0 Å². The first-order valence-corrected chi connectivity index (χ1v) is 7.41. The van der Waals surface area contributed by atoms with Gasteiger partial charge < -0.3 is 15.2 Å². The number of carbonyl (C=O) groups excluding carboxylic acids is 3. The van der Waals surface area contributed by atoms with Crippen molar-refractivity contribution in [2.75, 3.05) is 13.2 Å². The van der Waals surface area contributed by atoms with Crippen LogP contribution in [-0.2, 0) is 19.1 Å². The van der Waals surface area contributed by atoms with Crippen molar-refractivity contribution in [1.82, 2.24) is 5.43 Å². The van der Waals surface area contributed by atoms with Crippen LogP contribution >= 0.6 is 0 Å². The van der Waals surface area contributed by atoms with Gasteiger partial charge in [0.15, 0.2) is 0 Å². The van der Waals surface area contributed by atoms with E-state index < -0.39 is 6.03 Å². The molecule has 0 spiro atoms. The minimum absolute atomic E-state index is 0.186. The monoisotopic (exact) mass is 315 g/mol. The zero-order valence-corrected chi connectivity index (χ0v) is 13.2. The second-order valence-electron chi connectivity index (χ2n) is 4.47. The third-order valence-corrected chi connectivity index (χ3v) is 2.65. The molecule has 0 unspecified atom stereocenters. The van der Waals surface area contributed by atoms with Crippen LogP contribution in [0.1, 0.15) is 52.4 Å². The van der Waals surface area contributed by atoms with Crippen LogP contribution in [0, 0.1) is 0 Å². The van der Waals surface area contributed by atoms with E-state index in [9.17, 15) is 14.4 Å². The van der Waals surface area contributed by atoms with Gasteiger partial charge >= 0.3 is 18.0 Å². The summed E-state index contributed by atoms with van der Waals surface area (Å²) in [6.45, 7) is 4.18. The first-order chi connectivity index (χ1) is 10.5. The van der Waals surface area contributed by atoms with Crippen LogP contribution in [0.4, 0.5) is 4.79 Å². The molecule has 0 saturated heterocycles. The van der Waals surface area contributed by atoms with Gasteiger partial charge in [0.2, 0.25) is 0 Å². The molecule has 22 heavy (non-hydrogen) atoms. The van der Waals surface area contributed by atoms with Gasteiger partial charge in [-0.05, 0) is 39.5 Å². The Kier molecular flexibility index (Phi) is 11.4. The normalized spacial score (nSPS) is 10.9. The van der Waals surface area contributed by atoms with Crippen LogP contribution in [0.3, 0.4) is 0 Å². The number of amides is 2. The molecule has 0 fully saturated rings. The van der Waals surface area contributed by atoms with Crippen molar-refractivity contribution in [2.24, 2.45) is 10.8 Å². The molecule has 0 aromatic heterocycles. The maximum atomic E-state index is 11.3. The molecule has 0 aliphatic carbocycles. The molecule has 0 rings (SSSR count). The van der Waals surface area contributed by atoms with Crippen molar-refractivity contribution in [3.8, 4) is 0 Å². The van der Waals surface area contributed by atoms with E-state index in [-0.39, 0.29) is 18.4 Å². The lowest BCUT2D eigenvalue weighted by Gasteiger charge is -2.07. The fraction of sp³-hybridized carbons (Fsp3) is 0.714. The smallest absolute Gasteiger partial charge is 0.332 e. The van der Waals surface area contributed by atoms with Crippen LogP contribution in [0.2, 0.25) is 0 Å². The zero-order chi connectivity index (χ0) is 16.8. The molecule has 0 aromatic rings. The molecule has 0 aliphatic rings. The Labute approximate surface area is 130 Å². The number of primary amides is 1. The molecule has 0 aliphatic heterocycles.